The minimum atomic E-state index is -0.418. The lowest BCUT2D eigenvalue weighted by Gasteiger charge is -2.08. The number of hydrogen-bond acceptors (Lipinski definition) is 5. The van der Waals surface area contributed by atoms with Crippen LogP contribution in [0.3, 0.4) is 0 Å². The largest absolute Gasteiger partial charge is 0.482 e. The SMILES string of the molecule is Cc1nc(COc2ccc(CC(C)N)cc2F)no1. The van der Waals surface area contributed by atoms with Gasteiger partial charge in [-0.05, 0) is 31.0 Å². The number of aryl methyl sites for hydroxylation is 1. The van der Waals surface area contributed by atoms with E-state index in [0.717, 1.165) is 5.56 Å². The Morgan fingerprint density at radius 2 is 2.26 bits per heavy atom. The fourth-order valence-electron chi connectivity index (χ4n) is 1.70. The molecule has 1 aromatic carbocycles. The lowest BCUT2D eigenvalue weighted by atomic mass is 10.1. The molecule has 1 atom stereocenters. The molecule has 0 radical (unpaired) electrons. The molecular formula is C13H16FN3O2. The molecule has 6 heteroatoms. The highest BCUT2D eigenvalue weighted by Gasteiger charge is 2.08. The predicted molar refractivity (Wildman–Crippen MR) is 67.1 cm³/mol. The van der Waals surface area contributed by atoms with Crippen molar-refractivity contribution in [3.63, 3.8) is 0 Å². The summed E-state index contributed by atoms with van der Waals surface area (Å²) in [6.07, 6.45) is 0.626. The van der Waals surface area contributed by atoms with Gasteiger partial charge in [0.05, 0.1) is 0 Å². The van der Waals surface area contributed by atoms with Crippen molar-refractivity contribution in [1.29, 1.82) is 0 Å². The molecule has 0 fully saturated rings. The first kappa shape index (κ1) is 13.5. The normalized spacial score (nSPS) is 12.4. The van der Waals surface area contributed by atoms with E-state index in [9.17, 15) is 4.39 Å². The van der Waals surface area contributed by atoms with Gasteiger partial charge in [0.2, 0.25) is 11.7 Å². The van der Waals surface area contributed by atoms with Crippen LogP contribution >= 0.6 is 0 Å². The Morgan fingerprint density at radius 1 is 1.47 bits per heavy atom. The molecule has 0 bridgehead atoms. The van der Waals surface area contributed by atoms with Gasteiger partial charge in [0.1, 0.15) is 0 Å². The quantitative estimate of drug-likeness (QED) is 0.894. The van der Waals surface area contributed by atoms with Crippen LogP contribution < -0.4 is 10.5 Å². The first-order valence-electron chi connectivity index (χ1n) is 6.00. The van der Waals surface area contributed by atoms with Gasteiger partial charge in [-0.3, -0.25) is 0 Å². The number of aromatic nitrogens is 2. The average Bonchev–Trinajstić information content (AvgIpc) is 2.73. The summed E-state index contributed by atoms with van der Waals surface area (Å²) in [5.41, 5.74) is 6.51. The molecular weight excluding hydrogens is 249 g/mol. The van der Waals surface area contributed by atoms with E-state index in [2.05, 4.69) is 10.1 Å². The van der Waals surface area contributed by atoms with Gasteiger partial charge in [0.15, 0.2) is 18.2 Å². The van der Waals surface area contributed by atoms with Crippen LogP contribution in [0.4, 0.5) is 4.39 Å². The van der Waals surface area contributed by atoms with Gasteiger partial charge in [-0.2, -0.15) is 4.98 Å². The van der Waals surface area contributed by atoms with Crippen molar-refractivity contribution in [2.45, 2.75) is 32.9 Å². The van der Waals surface area contributed by atoms with E-state index in [-0.39, 0.29) is 18.4 Å². The fourth-order valence-corrected chi connectivity index (χ4v) is 1.70. The zero-order chi connectivity index (χ0) is 13.8. The van der Waals surface area contributed by atoms with Crippen molar-refractivity contribution in [2.24, 2.45) is 5.73 Å². The predicted octanol–water partition coefficient (Wildman–Crippen LogP) is 1.99. The van der Waals surface area contributed by atoms with Gasteiger partial charge in [-0.25, -0.2) is 4.39 Å². The van der Waals surface area contributed by atoms with Crippen LogP contribution in [0.1, 0.15) is 24.2 Å². The zero-order valence-electron chi connectivity index (χ0n) is 10.9. The maximum absolute atomic E-state index is 13.8. The summed E-state index contributed by atoms with van der Waals surface area (Å²) >= 11 is 0. The lowest BCUT2D eigenvalue weighted by molar-refractivity contribution is 0.272. The Balaban J connectivity index is 2.00. The van der Waals surface area contributed by atoms with Crippen LogP contribution in [-0.4, -0.2) is 16.2 Å². The molecule has 1 aromatic heterocycles. The molecule has 0 aliphatic rings. The summed E-state index contributed by atoms with van der Waals surface area (Å²) in [4.78, 5) is 3.97. The van der Waals surface area contributed by atoms with Crippen molar-refractivity contribution in [2.75, 3.05) is 0 Å². The molecule has 19 heavy (non-hydrogen) atoms. The van der Waals surface area contributed by atoms with E-state index in [1.807, 2.05) is 6.92 Å². The van der Waals surface area contributed by atoms with Crippen molar-refractivity contribution < 1.29 is 13.7 Å². The van der Waals surface area contributed by atoms with Crippen molar-refractivity contribution in [1.82, 2.24) is 10.1 Å². The molecule has 102 valence electrons. The molecule has 0 saturated carbocycles. The molecule has 0 aliphatic heterocycles. The van der Waals surface area contributed by atoms with E-state index in [4.69, 9.17) is 15.0 Å². The highest BCUT2D eigenvalue weighted by molar-refractivity contribution is 5.29. The first-order chi connectivity index (χ1) is 9.04. The first-order valence-corrected chi connectivity index (χ1v) is 6.00. The van der Waals surface area contributed by atoms with Gasteiger partial charge in [0.25, 0.3) is 0 Å². The van der Waals surface area contributed by atoms with Gasteiger partial charge >= 0.3 is 0 Å². The van der Waals surface area contributed by atoms with Crippen molar-refractivity contribution in [3.05, 3.63) is 41.3 Å². The summed E-state index contributed by atoms with van der Waals surface area (Å²) in [7, 11) is 0. The highest BCUT2D eigenvalue weighted by Crippen LogP contribution is 2.20. The Hall–Kier alpha value is -1.95. The van der Waals surface area contributed by atoms with Crippen LogP contribution in [0.15, 0.2) is 22.7 Å². The summed E-state index contributed by atoms with van der Waals surface area (Å²) in [5, 5.41) is 3.67. The van der Waals surface area contributed by atoms with Crippen LogP contribution in [0.5, 0.6) is 5.75 Å². The van der Waals surface area contributed by atoms with Crippen molar-refractivity contribution in [3.8, 4) is 5.75 Å². The molecule has 1 heterocycles. The van der Waals surface area contributed by atoms with Gasteiger partial charge in [-0.1, -0.05) is 11.2 Å². The third-order valence-corrected chi connectivity index (χ3v) is 2.48. The van der Waals surface area contributed by atoms with Crippen LogP contribution in [-0.2, 0) is 13.0 Å². The minimum Gasteiger partial charge on any atom is -0.482 e. The third kappa shape index (κ3) is 3.75. The number of hydrogen-bond donors (Lipinski definition) is 1. The topological polar surface area (TPSA) is 74.2 Å². The number of halogens is 1. The Labute approximate surface area is 110 Å². The van der Waals surface area contributed by atoms with Crippen LogP contribution in [0.2, 0.25) is 0 Å². The van der Waals surface area contributed by atoms with Gasteiger partial charge in [-0.15, -0.1) is 0 Å². The monoisotopic (exact) mass is 265 g/mol. The second kappa shape index (κ2) is 5.79. The Morgan fingerprint density at radius 3 is 2.84 bits per heavy atom. The van der Waals surface area contributed by atoms with Crippen LogP contribution in [0, 0.1) is 12.7 Å². The molecule has 0 aliphatic carbocycles. The minimum absolute atomic E-state index is 0.00604. The second-order valence-corrected chi connectivity index (χ2v) is 4.46. The fraction of sp³-hybridized carbons (Fsp3) is 0.385. The van der Waals surface area contributed by atoms with Crippen LogP contribution in [0.25, 0.3) is 0 Å². The molecule has 5 nitrogen and oxygen atoms in total. The zero-order valence-corrected chi connectivity index (χ0v) is 10.9. The summed E-state index contributed by atoms with van der Waals surface area (Å²) in [6.45, 7) is 3.63. The van der Waals surface area contributed by atoms with Crippen molar-refractivity contribution >= 4 is 0 Å². The Bertz CT molecular complexity index is 555. The van der Waals surface area contributed by atoms with E-state index in [1.54, 1.807) is 19.1 Å². The molecule has 2 N–H and O–H groups in total. The van der Waals surface area contributed by atoms with E-state index in [0.29, 0.717) is 18.1 Å². The average molecular weight is 265 g/mol. The summed E-state index contributed by atoms with van der Waals surface area (Å²) < 4.78 is 23.9. The molecule has 0 spiro atoms. The number of nitrogens with two attached hydrogens (primary N) is 1. The maximum Gasteiger partial charge on any atom is 0.223 e. The number of nitrogens with zero attached hydrogens (tertiary/aromatic N) is 2. The molecule has 2 rings (SSSR count). The number of ether oxygens (including phenoxy) is 1. The van der Waals surface area contributed by atoms with E-state index in [1.165, 1.54) is 6.07 Å². The van der Waals surface area contributed by atoms with Gasteiger partial charge in [0, 0.05) is 13.0 Å². The second-order valence-electron chi connectivity index (χ2n) is 4.46. The molecule has 0 saturated heterocycles. The van der Waals surface area contributed by atoms with Gasteiger partial charge < -0.3 is 15.0 Å². The number of rotatable bonds is 5. The Kier molecular flexibility index (Phi) is 4.11. The molecule has 2 aromatic rings. The van der Waals surface area contributed by atoms with E-state index < -0.39 is 5.82 Å². The molecule has 0 amide bonds. The molecule has 1 unspecified atom stereocenters. The number of benzene rings is 1. The summed E-state index contributed by atoms with van der Waals surface area (Å²) in [6, 6.07) is 4.80. The summed E-state index contributed by atoms with van der Waals surface area (Å²) in [5.74, 6) is 0.581. The standard InChI is InChI=1S/C13H16FN3O2/c1-8(15)5-10-3-4-12(11(14)6-10)18-7-13-16-9(2)19-17-13/h3-4,6,8H,5,7,15H2,1-2H3. The lowest BCUT2D eigenvalue weighted by Crippen LogP contribution is -2.17. The third-order valence-electron chi connectivity index (χ3n) is 2.48. The maximum atomic E-state index is 13.8. The van der Waals surface area contributed by atoms with E-state index >= 15 is 0 Å². The highest BCUT2D eigenvalue weighted by atomic mass is 19.1. The smallest absolute Gasteiger partial charge is 0.223 e.